The fourth-order valence-corrected chi connectivity index (χ4v) is 2.63. The summed E-state index contributed by atoms with van der Waals surface area (Å²) in [5.74, 6) is -0.160. The molecule has 1 fully saturated rings. The molecule has 1 amide bonds. The monoisotopic (exact) mass is 336 g/mol. The molecular weight excluding hydrogens is 317 g/mol. The van der Waals surface area contributed by atoms with Crippen LogP contribution in [0.1, 0.15) is 43.4 Å². The van der Waals surface area contributed by atoms with Crippen molar-refractivity contribution in [2.24, 2.45) is 11.7 Å². The van der Waals surface area contributed by atoms with Gasteiger partial charge < -0.3 is 11.1 Å². The molecule has 7 heteroatoms. The molecule has 0 spiro atoms. The second kappa shape index (κ2) is 7.33. The van der Waals surface area contributed by atoms with Crippen LogP contribution in [0.2, 0.25) is 0 Å². The third-order valence-corrected chi connectivity index (χ3v) is 3.94. The molecule has 22 heavy (non-hydrogen) atoms. The van der Waals surface area contributed by atoms with Crippen molar-refractivity contribution in [1.29, 1.82) is 0 Å². The number of hydrogen-bond donors (Lipinski definition) is 2. The van der Waals surface area contributed by atoms with Crippen LogP contribution in [0.15, 0.2) is 24.3 Å². The van der Waals surface area contributed by atoms with Crippen LogP contribution in [0.25, 0.3) is 0 Å². The van der Waals surface area contributed by atoms with E-state index in [9.17, 15) is 18.0 Å². The summed E-state index contributed by atoms with van der Waals surface area (Å²) in [5, 5.41) is 2.84. The number of alkyl halides is 3. The van der Waals surface area contributed by atoms with E-state index >= 15 is 0 Å². The number of nitrogens with one attached hydrogen (secondary N) is 1. The molecule has 0 radical (unpaired) electrons. The predicted molar refractivity (Wildman–Crippen MR) is 80.6 cm³/mol. The summed E-state index contributed by atoms with van der Waals surface area (Å²) >= 11 is 0. The summed E-state index contributed by atoms with van der Waals surface area (Å²) in [7, 11) is 0. The van der Waals surface area contributed by atoms with Crippen LogP contribution >= 0.6 is 12.4 Å². The van der Waals surface area contributed by atoms with Gasteiger partial charge in [0.1, 0.15) is 0 Å². The average molecular weight is 337 g/mol. The number of nitrogens with two attached hydrogens (primary N) is 1. The van der Waals surface area contributed by atoms with Gasteiger partial charge in [-0.1, -0.05) is 12.1 Å². The zero-order valence-corrected chi connectivity index (χ0v) is 13.0. The van der Waals surface area contributed by atoms with E-state index in [1.165, 1.54) is 12.1 Å². The fourth-order valence-electron chi connectivity index (χ4n) is 2.63. The quantitative estimate of drug-likeness (QED) is 0.888. The molecule has 124 valence electrons. The van der Waals surface area contributed by atoms with Crippen molar-refractivity contribution >= 4 is 18.3 Å². The molecular formula is C15H20ClF3N2O. The molecule has 3 atom stereocenters. The SMILES string of the molecule is CC(NC(=O)C1CCC(N)C1)c1ccc(C(F)(F)F)cc1.Cl. The van der Waals surface area contributed by atoms with Gasteiger partial charge in [0.15, 0.2) is 0 Å². The Balaban J connectivity index is 0.00000242. The van der Waals surface area contributed by atoms with Crippen molar-refractivity contribution in [2.75, 3.05) is 0 Å². The highest BCUT2D eigenvalue weighted by atomic mass is 35.5. The van der Waals surface area contributed by atoms with E-state index in [1.54, 1.807) is 6.92 Å². The molecule has 0 aliphatic heterocycles. The third kappa shape index (κ3) is 4.61. The minimum atomic E-state index is -4.34. The topological polar surface area (TPSA) is 55.1 Å². The van der Waals surface area contributed by atoms with Crippen molar-refractivity contribution in [2.45, 2.75) is 44.4 Å². The van der Waals surface area contributed by atoms with Crippen molar-refractivity contribution < 1.29 is 18.0 Å². The number of rotatable bonds is 3. The summed E-state index contributed by atoms with van der Waals surface area (Å²) in [4.78, 5) is 12.1. The van der Waals surface area contributed by atoms with E-state index in [2.05, 4.69) is 5.32 Å². The van der Waals surface area contributed by atoms with Crippen molar-refractivity contribution in [3.8, 4) is 0 Å². The molecule has 0 saturated heterocycles. The summed E-state index contributed by atoms with van der Waals surface area (Å²) < 4.78 is 37.5. The lowest BCUT2D eigenvalue weighted by atomic mass is 10.0. The number of halogens is 4. The van der Waals surface area contributed by atoms with Gasteiger partial charge in [-0.25, -0.2) is 0 Å². The largest absolute Gasteiger partial charge is 0.416 e. The van der Waals surface area contributed by atoms with Gasteiger partial charge in [0, 0.05) is 12.0 Å². The first-order chi connectivity index (χ1) is 9.77. The summed E-state index contributed by atoms with van der Waals surface area (Å²) in [6, 6.07) is 4.61. The second-order valence-electron chi connectivity index (χ2n) is 5.62. The van der Waals surface area contributed by atoms with Crippen molar-refractivity contribution in [1.82, 2.24) is 5.32 Å². The highest BCUT2D eigenvalue weighted by Gasteiger charge is 2.31. The third-order valence-electron chi connectivity index (χ3n) is 3.94. The molecule has 0 heterocycles. The Morgan fingerprint density at radius 1 is 1.27 bits per heavy atom. The molecule has 1 aromatic rings. The molecule has 1 aliphatic carbocycles. The van der Waals surface area contributed by atoms with Gasteiger partial charge >= 0.3 is 6.18 Å². The first-order valence-electron chi connectivity index (χ1n) is 7.00. The first kappa shape index (κ1) is 18.8. The van der Waals surface area contributed by atoms with Gasteiger partial charge in [0.2, 0.25) is 5.91 Å². The Hall–Kier alpha value is -1.27. The molecule has 3 N–H and O–H groups in total. The van der Waals surface area contributed by atoms with Crippen LogP contribution < -0.4 is 11.1 Å². The molecule has 3 unspecified atom stereocenters. The highest BCUT2D eigenvalue weighted by Crippen LogP contribution is 2.30. The Labute approximate surface area is 133 Å². The van der Waals surface area contributed by atoms with Crippen LogP contribution in [-0.2, 0) is 11.0 Å². The molecule has 3 nitrogen and oxygen atoms in total. The van der Waals surface area contributed by atoms with E-state index < -0.39 is 11.7 Å². The molecule has 1 aliphatic rings. The van der Waals surface area contributed by atoms with Gasteiger partial charge in [-0.05, 0) is 43.9 Å². The Morgan fingerprint density at radius 2 is 1.86 bits per heavy atom. The number of carbonyl (C=O) groups excluding carboxylic acids is 1. The second-order valence-corrected chi connectivity index (χ2v) is 5.62. The zero-order valence-electron chi connectivity index (χ0n) is 12.2. The van der Waals surface area contributed by atoms with Crippen LogP contribution in [0.3, 0.4) is 0 Å². The van der Waals surface area contributed by atoms with Crippen molar-refractivity contribution in [3.63, 3.8) is 0 Å². The van der Waals surface area contributed by atoms with E-state index in [0.29, 0.717) is 12.0 Å². The Bertz CT molecular complexity index is 505. The van der Waals surface area contributed by atoms with E-state index in [1.807, 2.05) is 0 Å². The standard InChI is InChI=1S/C15H19F3N2O.ClH/c1-9(20-14(21)11-4-7-13(19)8-11)10-2-5-12(6-3-10)15(16,17)18;/h2-3,5-6,9,11,13H,4,7-8,19H2,1H3,(H,20,21);1H. The van der Waals surface area contributed by atoms with Gasteiger partial charge in [-0.15, -0.1) is 12.4 Å². The number of benzene rings is 1. The maximum atomic E-state index is 12.5. The molecule has 1 aromatic carbocycles. The molecule has 1 saturated carbocycles. The number of amides is 1. The lowest BCUT2D eigenvalue weighted by Crippen LogP contribution is -2.32. The van der Waals surface area contributed by atoms with E-state index in [0.717, 1.165) is 25.0 Å². The Morgan fingerprint density at radius 3 is 2.32 bits per heavy atom. The van der Waals surface area contributed by atoms with Crippen LogP contribution in [0.5, 0.6) is 0 Å². The molecule has 0 aromatic heterocycles. The highest BCUT2D eigenvalue weighted by molar-refractivity contribution is 5.85. The van der Waals surface area contributed by atoms with Gasteiger partial charge in [0.25, 0.3) is 0 Å². The number of carbonyl (C=O) groups is 1. The maximum absolute atomic E-state index is 12.5. The van der Waals surface area contributed by atoms with Gasteiger partial charge in [0.05, 0.1) is 11.6 Å². The zero-order chi connectivity index (χ0) is 15.6. The smallest absolute Gasteiger partial charge is 0.349 e. The maximum Gasteiger partial charge on any atom is 0.416 e. The molecule has 0 bridgehead atoms. The summed E-state index contributed by atoms with van der Waals surface area (Å²) in [5.41, 5.74) is 5.74. The van der Waals surface area contributed by atoms with E-state index in [-0.39, 0.29) is 36.3 Å². The van der Waals surface area contributed by atoms with Crippen LogP contribution in [0.4, 0.5) is 13.2 Å². The van der Waals surface area contributed by atoms with Crippen LogP contribution in [-0.4, -0.2) is 11.9 Å². The lowest BCUT2D eigenvalue weighted by molar-refractivity contribution is -0.137. The Kier molecular flexibility index (Phi) is 6.26. The van der Waals surface area contributed by atoms with Gasteiger partial charge in [-0.2, -0.15) is 13.2 Å². The summed E-state index contributed by atoms with van der Waals surface area (Å²) in [6.45, 7) is 1.76. The lowest BCUT2D eigenvalue weighted by Gasteiger charge is -2.18. The fraction of sp³-hybridized carbons (Fsp3) is 0.533. The van der Waals surface area contributed by atoms with Crippen molar-refractivity contribution in [3.05, 3.63) is 35.4 Å². The average Bonchev–Trinajstić information content (AvgIpc) is 2.84. The number of hydrogen-bond acceptors (Lipinski definition) is 2. The minimum Gasteiger partial charge on any atom is -0.349 e. The van der Waals surface area contributed by atoms with Gasteiger partial charge in [-0.3, -0.25) is 4.79 Å². The normalized spacial score (nSPS) is 22.8. The minimum absolute atomic E-state index is 0. The predicted octanol–water partition coefficient (Wildman–Crippen LogP) is 3.43. The summed E-state index contributed by atoms with van der Waals surface area (Å²) in [6.07, 6.45) is -2.06. The molecule has 2 rings (SSSR count). The first-order valence-corrected chi connectivity index (χ1v) is 7.00. The van der Waals surface area contributed by atoms with Crippen LogP contribution in [0, 0.1) is 5.92 Å². The van der Waals surface area contributed by atoms with E-state index in [4.69, 9.17) is 5.73 Å².